The molecule has 3 heteroatoms. The van der Waals surface area contributed by atoms with Crippen molar-refractivity contribution in [1.82, 2.24) is 4.90 Å². The highest BCUT2D eigenvalue weighted by atomic mass is 16.2. The van der Waals surface area contributed by atoms with Gasteiger partial charge in [-0.1, -0.05) is 32.6 Å². The second kappa shape index (κ2) is 5.73. The van der Waals surface area contributed by atoms with Gasteiger partial charge in [-0.25, -0.2) is 0 Å². The standard InChI is InChI=1S/C15H24N2O/c1-2-13-8-4-3-7-11-17(13)14(18)15(12-16)9-5-6-10-15/h13H,2-11H2,1H3. The predicted molar refractivity (Wildman–Crippen MR) is 70.8 cm³/mol. The van der Waals surface area contributed by atoms with E-state index < -0.39 is 5.41 Å². The topological polar surface area (TPSA) is 44.1 Å². The smallest absolute Gasteiger partial charge is 0.243 e. The number of likely N-dealkylation sites (tertiary alicyclic amines) is 1. The predicted octanol–water partition coefficient (Wildman–Crippen LogP) is 3.25. The van der Waals surface area contributed by atoms with Gasteiger partial charge in [-0.15, -0.1) is 0 Å². The summed E-state index contributed by atoms with van der Waals surface area (Å²) in [5.41, 5.74) is -0.683. The van der Waals surface area contributed by atoms with Crippen LogP contribution in [0.1, 0.15) is 64.7 Å². The van der Waals surface area contributed by atoms with E-state index in [9.17, 15) is 10.1 Å². The molecule has 0 spiro atoms. The van der Waals surface area contributed by atoms with Gasteiger partial charge in [0.1, 0.15) is 5.41 Å². The zero-order valence-electron chi connectivity index (χ0n) is 11.5. The molecule has 0 aromatic heterocycles. The van der Waals surface area contributed by atoms with Crippen molar-refractivity contribution in [2.75, 3.05) is 6.54 Å². The Morgan fingerprint density at radius 1 is 1.28 bits per heavy atom. The molecule has 0 aromatic carbocycles. The molecule has 2 fully saturated rings. The minimum Gasteiger partial charge on any atom is -0.338 e. The number of nitriles is 1. The molecule has 1 heterocycles. The molecule has 1 amide bonds. The lowest BCUT2D eigenvalue weighted by Crippen LogP contribution is -2.47. The number of carbonyl (C=O) groups is 1. The third-order valence-corrected chi connectivity index (χ3v) is 4.69. The van der Waals surface area contributed by atoms with E-state index in [2.05, 4.69) is 13.0 Å². The second-order valence-electron chi connectivity index (χ2n) is 5.81. The van der Waals surface area contributed by atoms with Crippen molar-refractivity contribution in [2.24, 2.45) is 5.41 Å². The van der Waals surface area contributed by atoms with Crippen LogP contribution < -0.4 is 0 Å². The summed E-state index contributed by atoms with van der Waals surface area (Å²) in [4.78, 5) is 14.8. The van der Waals surface area contributed by atoms with Crippen LogP contribution in [0, 0.1) is 16.7 Å². The Morgan fingerprint density at radius 3 is 2.61 bits per heavy atom. The Bertz CT molecular complexity index is 339. The first-order valence-corrected chi connectivity index (χ1v) is 7.46. The molecule has 1 atom stereocenters. The van der Waals surface area contributed by atoms with E-state index >= 15 is 0 Å². The van der Waals surface area contributed by atoms with Crippen LogP contribution in [0.25, 0.3) is 0 Å². The Morgan fingerprint density at radius 2 is 2.00 bits per heavy atom. The summed E-state index contributed by atoms with van der Waals surface area (Å²) in [5.74, 6) is 0.135. The van der Waals surface area contributed by atoms with Crippen LogP contribution in [-0.4, -0.2) is 23.4 Å². The minimum absolute atomic E-state index is 0.135. The van der Waals surface area contributed by atoms with Crippen LogP contribution in [0.5, 0.6) is 0 Å². The van der Waals surface area contributed by atoms with Crippen molar-refractivity contribution in [2.45, 2.75) is 70.8 Å². The number of hydrogen-bond donors (Lipinski definition) is 0. The Hall–Kier alpha value is -1.04. The van der Waals surface area contributed by atoms with Crippen molar-refractivity contribution >= 4 is 5.91 Å². The minimum atomic E-state index is -0.683. The van der Waals surface area contributed by atoms with Gasteiger partial charge in [0.2, 0.25) is 5.91 Å². The largest absolute Gasteiger partial charge is 0.338 e. The van der Waals surface area contributed by atoms with Crippen molar-refractivity contribution in [3.63, 3.8) is 0 Å². The molecule has 0 aromatic rings. The number of rotatable bonds is 2. The third kappa shape index (κ3) is 2.39. The van der Waals surface area contributed by atoms with Gasteiger partial charge in [0, 0.05) is 12.6 Å². The molecule has 0 bridgehead atoms. The lowest BCUT2D eigenvalue weighted by atomic mass is 9.85. The van der Waals surface area contributed by atoms with Crippen molar-refractivity contribution in [3.8, 4) is 6.07 Å². The second-order valence-corrected chi connectivity index (χ2v) is 5.81. The van der Waals surface area contributed by atoms with Crippen LogP contribution in [0.3, 0.4) is 0 Å². The molecule has 100 valence electrons. The van der Waals surface area contributed by atoms with Gasteiger partial charge in [0.05, 0.1) is 6.07 Å². The normalized spacial score (nSPS) is 27.6. The average Bonchev–Trinajstić information content (AvgIpc) is 2.77. The molecule has 1 aliphatic carbocycles. The molecule has 0 radical (unpaired) electrons. The highest BCUT2D eigenvalue weighted by Crippen LogP contribution is 2.40. The number of hydrogen-bond acceptors (Lipinski definition) is 2. The molecule has 1 saturated heterocycles. The molecule has 1 unspecified atom stereocenters. The Balaban J connectivity index is 2.17. The molecular formula is C15H24N2O. The molecule has 1 saturated carbocycles. The molecular weight excluding hydrogens is 224 g/mol. The van der Waals surface area contributed by atoms with Gasteiger partial charge in [-0.3, -0.25) is 4.79 Å². The SMILES string of the molecule is CCC1CCCCCN1C(=O)C1(C#N)CCCC1. The fraction of sp³-hybridized carbons (Fsp3) is 0.867. The van der Waals surface area contributed by atoms with Crippen LogP contribution >= 0.6 is 0 Å². The maximum Gasteiger partial charge on any atom is 0.243 e. The fourth-order valence-electron chi connectivity index (χ4n) is 3.50. The summed E-state index contributed by atoms with van der Waals surface area (Å²) in [6.07, 6.45) is 9.29. The first kappa shape index (κ1) is 13.4. The zero-order valence-corrected chi connectivity index (χ0v) is 11.5. The molecule has 3 nitrogen and oxygen atoms in total. The lowest BCUT2D eigenvalue weighted by Gasteiger charge is -2.34. The maximum absolute atomic E-state index is 12.8. The highest BCUT2D eigenvalue weighted by molar-refractivity contribution is 5.86. The van der Waals surface area contributed by atoms with Crippen molar-refractivity contribution in [1.29, 1.82) is 5.26 Å². The van der Waals surface area contributed by atoms with Crippen LogP contribution in [0.15, 0.2) is 0 Å². The van der Waals surface area contributed by atoms with Gasteiger partial charge in [-0.2, -0.15) is 5.26 Å². The van der Waals surface area contributed by atoms with E-state index in [-0.39, 0.29) is 5.91 Å². The summed E-state index contributed by atoms with van der Waals surface area (Å²) >= 11 is 0. The molecule has 2 aliphatic rings. The maximum atomic E-state index is 12.8. The monoisotopic (exact) mass is 248 g/mol. The third-order valence-electron chi connectivity index (χ3n) is 4.69. The van der Waals surface area contributed by atoms with Gasteiger partial charge >= 0.3 is 0 Å². The van der Waals surface area contributed by atoms with E-state index in [4.69, 9.17) is 0 Å². The first-order chi connectivity index (χ1) is 8.73. The van der Waals surface area contributed by atoms with Gasteiger partial charge in [0.25, 0.3) is 0 Å². The van der Waals surface area contributed by atoms with Gasteiger partial charge in [0.15, 0.2) is 0 Å². The van der Waals surface area contributed by atoms with Gasteiger partial charge in [-0.05, 0) is 32.1 Å². The van der Waals surface area contributed by atoms with Crippen molar-refractivity contribution in [3.05, 3.63) is 0 Å². The lowest BCUT2D eigenvalue weighted by molar-refractivity contribution is -0.141. The van der Waals surface area contributed by atoms with Crippen LogP contribution in [0.4, 0.5) is 0 Å². The van der Waals surface area contributed by atoms with E-state index in [0.717, 1.165) is 51.5 Å². The Labute approximate surface area is 110 Å². The molecule has 18 heavy (non-hydrogen) atoms. The highest BCUT2D eigenvalue weighted by Gasteiger charge is 2.45. The average molecular weight is 248 g/mol. The van der Waals surface area contributed by atoms with Crippen molar-refractivity contribution < 1.29 is 4.79 Å². The molecule has 2 rings (SSSR count). The van der Waals surface area contributed by atoms with Crippen LogP contribution in [-0.2, 0) is 4.79 Å². The number of carbonyl (C=O) groups excluding carboxylic acids is 1. The summed E-state index contributed by atoms with van der Waals surface area (Å²) < 4.78 is 0. The van der Waals surface area contributed by atoms with E-state index in [0.29, 0.717) is 6.04 Å². The first-order valence-electron chi connectivity index (χ1n) is 7.46. The summed E-state index contributed by atoms with van der Waals surface area (Å²) in [6, 6.07) is 2.71. The molecule has 0 N–H and O–H groups in total. The van der Waals surface area contributed by atoms with Gasteiger partial charge < -0.3 is 4.90 Å². The summed E-state index contributed by atoms with van der Waals surface area (Å²) in [5, 5.41) is 9.45. The summed E-state index contributed by atoms with van der Waals surface area (Å²) in [6.45, 7) is 3.02. The van der Waals surface area contributed by atoms with Crippen LogP contribution in [0.2, 0.25) is 0 Å². The Kier molecular flexibility index (Phi) is 4.27. The van der Waals surface area contributed by atoms with E-state index in [1.165, 1.54) is 12.8 Å². The zero-order chi connectivity index (χ0) is 13.0. The van der Waals surface area contributed by atoms with E-state index in [1.54, 1.807) is 0 Å². The molecule has 1 aliphatic heterocycles. The summed E-state index contributed by atoms with van der Waals surface area (Å²) in [7, 11) is 0. The number of nitrogens with zero attached hydrogens (tertiary/aromatic N) is 2. The fourth-order valence-corrected chi connectivity index (χ4v) is 3.50. The number of amides is 1. The quantitative estimate of drug-likeness (QED) is 0.753. The van der Waals surface area contributed by atoms with E-state index in [1.807, 2.05) is 4.90 Å².